The molecule has 122 valence electrons. The Labute approximate surface area is 139 Å². The molecule has 3 rings (SSSR count). The molecule has 0 aromatic heterocycles. The van der Waals surface area contributed by atoms with Gasteiger partial charge in [0.15, 0.2) is 0 Å². The molecule has 0 spiro atoms. The number of rotatable bonds is 3. The predicted octanol–water partition coefficient (Wildman–Crippen LogP) is 1.80. The lowest BCUT2D eigenvalue weighted by atomic mass is 10.1. The molecule has 23 heavy (non-hydrogen) atoms. The standard InChI is InChI=1S/C17H20N2O3S/c1-10-3-4-13(7-11(10)2)19-9-12(8-15(19)20)16(21)18-14-5-6-23-17(14)22/h3-4,7,12,14H,5-6,8-9H2,1-2H3,(H,18,21)/t12-,14+/m0/s1. The summed E-state index contributed by atoms with van der Waals surface area (Å²) in [4.78, 5) is 37.9. The van der Waals surface area contributed by atoms with Crippen LogP contribution in [0.15, 0.2) is 18.2 Å². The van der Waals surface area contributed by atoms with Gasteiger partial charge < -0.3 is 10.2 Å². The molecular formula is C17H20N2O3S. The summed E-state index contributed by atoms with van der Waals surface area (Å²) in [6.07, 6.45) is 0.879. The zero-order valence-electron chi connectivity index (χ0n) is 13.3. The maximum absolute atomic E-state index is 12.3. The molecule has 2 saturated heterocycles. The Morgan fingerprint density at radius 1 is 1.26 bits per heavy atom. The third-order valence-electron chi connectivity index (χ3n) is 4.55. The summed E-state index contributed by atoms with van der Waals surface area (Å²) in [5.41, 5.74) is 3.13. The predicted molar refractivity (Wildman–Crippen MR) is 90.4 cm³/mol. The number of amides is 2. The van der Waals surface area contributed by atoms with E-state index in [1.807, 2.05) is 32.0 Å². The highest BCUT2D eigenvalue weighted by Gasteiger charge is 2.37. The van der Waals surface area contributed by atoms with E-state index in [2.05, 4.69) is 5.32 Å². The van der Waals surface area contributed by atoms with E-state index >= 15 is 0 Å². The number of thioether (sulfide) groups is 1. The van der Waals surface area contributed by atoms with E-state index in [1.54, 1.807) is 4.90 Å². The second-order valence-corrected chi connectivity index (χ2v) is 7.29. The van der Waals surface area contributed by atoms with Crippen LogP contribution in [0.2, 0.25) is 0 Å². The molecule has 0 unspecified atom stereocenters. The topological polar surface area (TPSA) is 66.5 Å². The first-order chi connectivity index (χ1) is 11.0. The molecule has 6 heteroatoms. The lowest BCUT2D eigenvalue weighted by molar-refractivity contribution is -0.128. The fraction of sp³-hybridized carbons (Fsp3) is 0.471. The van der Waals surface area contributed by atoms with Gasteiger partial charge in [0, 0.05) is 24.4 Å². The van der Waals surface area contributed by atoms with E-state index in [4.69, 9.17) is 0 Å². The highest BCUT2D eigenvalue weighted by molar-refractivity contribution is 8.14. The van der Waals surface area contributed by atoms with Crippen molar-refractivity contribution in [1.82, 2.24) is 5.32 Å². The Hall–Kier alpha value is -1.82. The third-order valence-corrected chi connectivity index (χ3v) is 5.56. The van der Waals surface area contributed by atoms with Crippen LogP contribution >= 0.6 is 11.8 Å². The SMILES string of the molecule is Cc1ccc(N2C[C@@H](C(=O)N[C@@H]3CCSC3=O)CC2=O)cc1C. The first-order valence-electron chi connectivity index (χ1n) is 7.80. The van der Waals surface area contributed by atoms with Crippen molar-refractivity contribution in [3.05, 3.63) is 29.3 Å². The minimum Gasteiger partial charge on any atom is -0.345 e. The van der Waals surface area contributed by atoms with Crippen molar-refractivity contribution >= 4 is 34.4 Å². The molecule has 1 aromatic rings. The van der Waals surface area contributed by atoms with Crippen LogP contribution in [0.5, 0.6) is 0 Å². The summed E-state index contributed by atoms with van der Waals surface area (Å²) in [5.74, 6) is 0.135. The van der Waals surface area contributed by atoms with Gasteiger partial charge in [-0.1, -0.05) is 17.8 Å². The van der Waals surface area contributed by atoms with E-state index in [1.165, 1.54) is 17.3 Å². The second kappa shape index (κ2) is 6.35. The fourth-order valence-electron chi connectivity index (χ4n) is 2.94. The number of aryl methyl sites for hydroxylation is 2. The molecular weight excluding hydrogens is 312 g/mol. The average Bonchev–Trinajstić information content (AvgIpc) is 3.09. The Balaban J connectivity index is 1.68. The lowest BCUT2D eigenvalue weighted by Gasteiger charge is -2.18. The van der Waals surface area contributed by atoms with E-state index < -0.39 is 6.04 Å². The average molecular weight is 332 g/mol. The first-order valence-corrected chi connectivity index (χ1v) is 8.79. The van der Waals surface area contributed by atoms with Crippen molar-refractivity contribution in [3.63, 3.8) is 0 Å². The molecule has 0 bridgehead atoms. The van der Waals surface area contributed by atoms with Crippen LogP contribution in [-0.2, 0) is 14.4 Å². The molecule has 2 atom stereocenters. The first kappa shape index (κ1) is 16.1. The van der Waals surface area contributed by atoms with Gasteiger partial charge in [-0.25, -0.2) is 0 Å². The van der Waals surface area contributed by atoms with Gasteiger partial charge in [-0.3, -0.25) is 14.4 Å². The molecule has 1 N–H and O–H groups in total. The van der Waals surface area contributed by atoms with Gasteiger partial charge >= 0.3 is 0 Å². The molecule has 5 nitrogen and oxygen atoms in total. The van der Waals surface area contributed by atoms with Gasteiger partial charge in [0.1, 0.15) is 0 Å². The maximum Gasteiger partial charge on any atom is 0.227 e. The van der Waals surface area contributed by atoms with Crippen LogP contribution < -0.4 is 10.2 Å². The Kier molecular flexibility index (Phi) is 4.43. The van der Waals surface area contributed by atoms with Crippen molar-refractivity contribution < 1.29 is 14.4 Å². The number of carbonyl (C=O) groups is 3. The van der Waals surface area contributed by atoms with Crippen LogP contribution in [0.1, 0.15) is 24.0 Å². The monoisotopic (exact) mass is 332 g/mol. The van der Waals surface area contributed by atoms with Crippen molar-refractivity contribution in [2.24, 2.45) is 5.92 Å². The fourth-order valence-corrected chi connectivity index (χ4v) is 3.88. The minimum absolute atomic E-state index is 0.0219. The van der Waals surface area contributed by atoms with Gasteiger partial charge in [-0.05, 0) is 43.5 Å². The van der Waals surface area contributed by atoms with Crippen LogP contribution in [0, 0.1) is 19.8 Å². The Morgan fingerprint density at radius 3 is 2.70 bits per heavy atom. The summed E-state index contributed by atoms with van der Waals surface area (Å²) < 4.78 is 0. The third kappa shape index (κ3) is 3.27. The molecule has 1 aromatic carbocycles. The van der Waals surface area contributed by atoms with Crippen molar-refractivity contribution in [1.29, 1.82) is 0 Å². The van der Waals surface area contributed by atoms with Crippen molar-refractivity contribution in [2.75, 3.05) is 17.2 Å². The quantitative estimate of drug-likeness (QED) is 0.917. The number of nitrogens with one attached hydrogen (secondary N) is 1. The molecule has 2 aliphatic heterocycles. The normalized spacial score (nSPS) is 24.3. The minimum atomic E-state index is -0.390. The second-order valence-electron chi connectivity index (χ2n) is 6.19. The molecule has 2 aliphatic rings. The van der Waals surface area contributed by atoms with Crippen LogP contribution in [-0.4, -0.2) is 35.3 Å². The van der Waals surface area contributed by atoms with E-state index in [0.717, 1.165) is 17.0 Å². The van der Waals surface area contributed by atoms with Gasteiger partial charge in [0.25, 0.3) is 0 Å². The van der Waals surface area contributed by atoms with Gasteiger partial charge in [-0.2, -0.15) is 0 Å². The summed E-state index contributed by atoms with van der Waals surface area (Å²) >= 11 is 1.26. The molecule has 2 amide bonds. The molecule has 0 saturated carbocycles. The van der Waals surface area contributed by atoms with Crippen LogP contribution in [0.3, 0.4) is 0 Å². The zero-order chi connectivity index (χ0) is 16.6. The molecule has 0 aliphatic carbocycles. The number of anilines is 1. The highest BCUT2D eigenvalue weighted by atomic mass is 32.2. The van der Waals surface area contributed by atoms with E-state index in [0.29, 0.717) is 13.0 Å². The molecule has 2 heterocycles. The zero-order valence-corrected chi connectivity index (χ0v) is 14.1. The summed E-state index contributed by atoms with van der Waals surface area (Å²) in [5, 5.41) is 2.82. The van der Waals surface area contributed by atoms with Gasteiger partial charge in [-0.15, -0.1) is 0 Å². The summed E-state index contributed by atoms with van der Waals surface area (Å²) in [6, 6.07) is 5.49. The number of carbonyl (C=O) groups excluding carboxylic acids is 3. The lowest BCUT2D eigenvalue weighted by Crippen LogP contribution is -2.41. The van der Waals surface area contributed by atoms with Crippen LogP contribution in [0.25, 0.3) is 0 Å². The molecule has 2 fully saturated rings. The number of nitrogens with zero attached hydrogens (tertiary/aromatic N) is 1. The largest absolute Gasteiger partial charge is 0.345 e. The molecule has 0 radical (unpaired) electrons. The number of benzene rings is 1. The van der Waals surface area contributed by atoms with E-state index in [-0.39, 0.29) is 29.3 Å². The van der Waals surface area contributed by atoms with Crippen LogP contribution in [0.4, 0.5) is 5.69 Å². The number of hydrogen-bond acceptors (Lipinski definition) is 4. The number of hydrogen-bond donors (Lipinski definition) is 1. The Morgan fingerprint density at radius 2 is 2.04 bits per heavy atom. The van der Waals surface area contributed by atoms with Gasteiger partial charge in [0.05, 0.1) is 12.0 Å². The van der Waals surface area contributed by atoms with Gasteiger partial charge in [0.2, 0.25) is 16.9 Å². The highest BCUT2D eigenvalue weighted by Crippen LogP contribution is 2.27. The van der Waals surface area contributed by atoms with Crippen molar-refractivity contribution in [2.45, 2.75) is 32.7 Å². The summed E-state index contributed by atoms with van der Waals surface area (Å²) in [6.45, 7) is 4.41. The summed E-state index contributed by atoms with van der Waals surface area (Å²) in [7, 11) is 0. The maximum atomic E-state index is 12.3. The Bertz CT molecular complexity index is 674. The smallest absolute Gasteiger partial charge is 0.227 e. The van der Waals surface area contributed by atoms with E-state index in [9.17, 15) is 14.4 Å². The van der Waals surface area contributed by atoms with Crippen molar-refractivity contribution in [3.8, 4) is 0 Å².